The first kappa shape index (κ1) is 18.2. The lowest BCUT2D eigenvalue weighted by Gasteiger charge is -2.19. The molecule has 1 aliphatic heterocycles. The number of esters is 1. The molecule has 1 heterocycles. The van der Waals surface area contributed by atoms with Crippen molar-refractivity contribution < 1.29 is 24.1 Å². The third-order valence-electron chi connectivity index (χ3n) is 5.43. The van der Waals surface area contributed by atoms with Crippen LogP contribution in [0.5, 0.6) is 0 Å². The van der Waals surface area contributed by atoms with Crippen molar-refractivity contribution in [2.45, 2.75) is 37.9 Å². The molecule has 1 N–H and O–H groups in total. The molecule has 0 amide bonds. The Hall–Kier alpha value is -2.21. The van der Waals surface area contributed by atoms with Gasteiger partial charge in [0.2, 0.25) is 0 Å². The summed E-state index contributed by atoms with van der Waals surface area (Å²) in [4.78, 5) is 12.7. The lowest BCUT2D eigenvalue weighted by molar-refractivity contribution is -0.152. The Balaban J connectivity index is 1.39. The van der Waals surface area contributed by atoms with Crippen molar-refractivity contribution in [1.29, 1.82) is 0 Å². The van der Waals surface area contributed by atoms with Crippen LogP contribution in [0.4, 0.5) is 0 Å². The van der Waals surface area contributed by atoms with Crippen molar-refractivity contribution in [3.8, 4) is 0 Å². The first-order valence-corrected chi connectivity index (χ1v) is 9.38. The highest BCUT2D eigenvalue weighted by Gasteiger charge is 2.55. The highest BCUT2D eigenvalue weighted by Crippen LogP contribution is 2.43. The minimum Gasteiger partial charge on any atom is -0.461 e. The summed E-state index contributed by atoms with van der Waals surface area (Å²) in [5.41, 5.74) is 2.02. The molecular formula is C22H24O5. The number of carbonyl (C=O) groups is 1. The van der Waals surface area contributed by atoms with E-state index in [0.717, 1.165) is 11.1 Å². The minimum atomic E-state index is -0.658. The predicted molar refractivity (Wildman–Crippen MR) is 98.6 cm³/mol. The molecule has 5 heteroatoms. The summed E-state index contributed by atoms with van der Waals surface area (Å²) in [7, 11) is 0. The second kappa shape index (κ2) is 8.21. The van der Waals surface area contributed by atoms with Crippen molar-refractivity contribution in [1.82, 2.24) is 0 Å². The maximum Gasteiger partial charge on any atom is 0.309 e. The molecule has 0 aromatic heterocycles. The summed E-state index contributed by atoms with van der Waals surface area (Å²) < 4.78 is 17.3. The van der Waals surface area contributed by atoms with E-state index in [1.165, 1.54) is 0 Å². The van der Waals surface area contributed by atoms with Gasteiger partial charge < -0.3 is 19.3 Å². The topological polar surface area (TPSA) is 65.0 Å². The fourth-order valence-electron chi connectivity index (χ4n) is 4.07. The standard InChI is InChI=1S/C22H24O5/c23-18-14-26-21-19(25-12-15-7-3-1-4-8-15)11-17(20(18)21)22(24)27-13-16-9-5-2-6-10-16/h1-10,17-21,23H,11-14H2/t17?,18-,19+,20+,21+/m0/s1. The fraction of sp³-hybridized carbons (Fsp3) is 0.409. The second-order valence-electron chi connectivity index (χ2n) is 7.21. The highest BCUT2D eigenvalue weighted by molar-refractivity contribution is 5.73. The maximum absolute atomic E-state index is 12.7. The number of hydrogen-bond acceptors (Lipinski definition) is 5. The Morgan fingerprint density at radius 1 is 1.00 bits per heavy atom. The molecule has 0 bridgehead atoms. The van der Waals surface area contributed by atoms with Crippen LogP contribution in [0, 0.1) is 11.8 Å². The first-order valence-electron chi connectivity index (χ1n) is 9.38. The molecule has 1 saturated carbocycles. The van der Waals surface area contributed by atoms with Crippen molar-refractivity contribution in [2.24, 2.45) is 11.8 Å². The second-order valence-corrected chi connectivity index (χ2v) is 7.21. The lowest BCUT2D eigenvalue weighted by Crippen LogP contribution is -2.32. The molecule has 142 valence electrons. The van der Waals surface area contributed by atoms with Gasteiger partial charge in [-0.1, -0.05) is 60.7 Å². The summed E-state index contributed by atoms with van der Waals surface area (Å²) in [5.74, 6) is -0.963. The number of hydrogen-bond donors (Lipinski definition) is 1. The number of fused-ring (bicyclic) bond motifs is 1. The third kappa shape index (κ3) is 4.05. The Morgan fingerprint density at radius 2 is 1.63 bits per heavy atom. The van der Waals surface area contributed by atoms with Crippen molar-refractivity contribution >= 4 is 5.97 Å². The molecular weight excluding hydrogens is 344 g/mol. The zero-order valence-electron chi connectivity index (χ0n) is 15.1. The molecule has 1 saturated heterocycles. The minimum absolute atomic E-state index is 0.221. The third-order valence-corrected chi connectivity index (χ3v) is 5.43. The molecule has 5 nitrogen and oxygen atoms in total. The van der Waals surface area contributed by atoms with Crippen LogP contribution >= 0.6 is 0 Å². The normalized spacial score (nSPS) is 29.4. The Labute approximate surface area is 158 Å². The summed E-state index contributed by atoms with van der Waals surface area (Å²) in [5, 5.41) is 10.3. The van der Waals surface area contributed by atoms with E-state index in [-0.39, 0.29) is 37.3 Å². The molecule has 2 aromatic carbocycles. The van der Waals surface area contributed by atoms with Gasteiger partial charge in [-0.25, -0.2) is 0 Å². The molecule has 27 heavy (non-hydrogen) atoms. The van der Waals surface area contributed by atoms with Gasteiger partial charge in [-0.05, 0) is 17.5 Å². The maximum atomic E-state index is 12.7. The highest BCUT2D eigenvalue weighted by atomic mass is 16.6. The summed E-state index contributed by atoms with van der Waals surface area (Å²) in [6.45, 7) is 0.934. The Kier molecular flexibility index (Phi) is 5.53. The molecule has 2 fully saturated rings. The van der Waals surface area contributed by atoms with Crippen molar-refractivity contribution in [3.05, 3.63) is 71.8 Å². The van der Waals surface area contributed by atoms with Gasteiger partial charge in [0, 0.05) is 5.92 Å². The first-order chi connectivity index (χ1) is 13.2. The number of aliphatic hydroxyl groups is 1. The van der Waals surface area contributed by atoms with Crippen LogP contribution in [-0.2, 0) is 32.2 Å². The predicted octanol–water partition coefficient (Wildman–Crippen LogP) is 2.71. The molecule has 2 aromatic rings. The SMILES string of the molecule is O=C(OCc1ccccc1)C1C[C@@H](OCc2ccccc2)[C@H]2OC[C@H](O)[C@@H]12. The van der Waals surface area contributed by atoms with E-state index < -0.39 is 12.0 Å². The fourth-order valence-corrected chi connectivity index (χ4v) is 4.07. The van der Waals surface area contributed by atoms with Gasteiger partial charge in [0.25, 0.3) is 0 Å². The van der Waals surface area contributed by atoms with Crippen LogP contribution in [0.25, 0.3) is 0 Å². The smallest absolute Gasteiger partial charge is 0.309 e. The number of ether oxygens (including phenoxy) is 3. The van der Waals surface area contributed by atoms with Gasteiger partial charge in [0.1, 0.15) is 6.61 Å². The van der Waals surface area contributed by atoms with E-state index in [4.69, 9.17) is 14.2 Å². The van der Waals surface area contributed by atoms with Gasteiger partial charge in [0.15, 0.2) is 0 Å². The van der Waals surface area contributed by atoms with E-state index in [1.807, 2.05) is 60.7 Å². The van der Waals surface area contributed by atoms with Crippen molar-refractivity contribution in [3.63, 3.8) is 0 Å². The van der Waals surface area contributed by atoms with E-state index in [2.05, 4.69) is 0 Å². The van der Waals surface area contributed by atoms with Crippen LogP contribution < -0.4 is 0 Å². The largest absolute Gasteiger partial charge is 0.461 e. The molecule has 5 atom stereocenters. The summed E-state index contributed by atoms with van der Waals surface area (Å²) >= 11 is 0. The van der Waals surface area contributed by atoms with Gasteiger partial charge in [0.05, 0.1) is 37.4 Å². The number of aliphatic hydroxyl groups excluding tert-OH is 1. The van der Waals surface area contributed by atoms with E-state index in [0.29, 0.717) is 13.0 Å². The van der Waals surface area contributed by atoms with Gasteiger partial charge >= 0.3 is 5.97 Å². The van der Waals surface area contributed by atoms with Crippen LogP contribution in [0.1, 0.15) is 17.5 Å². The number of benzene rings is 2. The van der Waals surface area contributed by atoms with E-state index >= 15 is 0 Å². The van der Waals surface area contributed by atoms with Gasteiger partial charge in [-0.2, -0.15) is 0 Å². The average molecular weight is 368 g/mol. The summed E-state index contributed by atoms with van der Waals surface area (Å²) in [6, 6.07) is 19.5. The van der Waals surface area contributed by atoms with Gasteiger partial charge in [-0.15, -0.1) is 0 Å². The molecule has 1 aliphatic carbocycles. The zero-order chi connectivity index (χ0) is 18.6. The number of carbonyl (C=O) groups excluding carboxylic acids is 1. The Bertz CT molecular complexity index is 748. The van der Waals surface area contributed by atoms with E-state index in [1.54, 1.807) is 0 Å². The van der Waals surface area contributed by atoms with Crippen LogP contribution in [0.15, 0.2) is 60.7 Å². The molecule has 0 radical (unpaired) electrons. The lowest BCUT2D eigenvalue weighted by atomic mass is 9.91. The van der Waals surface area contributed by atoms with Gasteiger partial charge in [-0.3, -0.25) is 4.79 Å². The molecule has 1 unspecified atom stereocenters. The van der Waals surface area contributed by atoms with Crippen LogP contribution in [0.3, 0.4) is 0 Å². The monoisotopic (exact) mass is 368 g/mol. The number of rotatable bonds is 6. The van der Waals surface area contributed by atoms with Crippen LogP contribution in [-0.4, -0.2) is 36.0 Å². The van der Waals surface area contributed by atoms with Crippen LogP contribution in [0.2, 0.25) is 0 Å². The molecule has 2 aliphatic rings. The Morgan fingerprint density at radius 3 is 2.30 bits per heavy atom. The quantitative estimate of drug-likeness (QED) is 0.795. The average Bonchev–Trinajstić information content (AvgIpc) is 3.27. The molecule has 4 rings (SSSR count). The van der Waals surface area contributed by atoms with E-state index in [9.17, 15) is 9.90 Å². The molecule has 0 spiro atoms. The van der Waals surface area contributed by atoms with Crippen molar-refractivity contribution in [2.75, 3.05) is 6.61 Å². The zero-order valence-corrected chi connectivity index (χ0v) is 15.1. The summed E-state index contributed by atoms with van der Waals surface area (Å²) in [6.07, 6.45) is -0.637.